The molecule has 1 aromatic rings. The Kier molecular flexibility index (Phi) is 5.53. The number of esters is 1. The van der Waals surface area contributed by atoms with E-state index in [1.165, 1.54) is 6.07 Å². The van der Waals surface area contributed by atoms with Gasteiger partial charge in [-0.05, 0) is 50.3 Å². The van der Waals surface area contributed by atoms with Gasteiger partial charge < -0.3 is 10.1 Å². The summed E-state index contributed by atoms with van der Waals surface area (Å²) >= 11 is 0. The lowest BCUT2D eigenvalue weighted by molar-refractivity contribution is -0.149. The van der Waals surface area contributed by atoms with Crippen LogP contribution in [-0.2, 0) is 16.1 Å². The van der Waals surface area contributed by atoms with Gasteiger partial charge in [0.05, 0.1) is 12.5 Å². The summed E-state index contributed by atoms with van der Waals surface area (Å²) in [6, 6.07) is 7.05. The highest BCUT2D eigenvalue weighted by Gasteiger charge is 2.26. The first kappa shape index (κ1) is 15.0. The van der Waals surface area contributed by atoms with Crippen LogP contribution in [0, 0.1) is 11.7 Å². The van der Waals surface area contributed by atoms with E-state index in [9.17, 15) is 9.18 Å². The Morgan fingerprint density at radius 2 is 2.10 bits per heavy atom. The van der Waals surface area contributed by atoms with Crippen LogP contribution < -0.4 is 5.32 Å². The van der Waals surface area contributed by atoms with Crippen molar-refractivity contribution in [3.63, 3.8) is 0 Å². The molecule has 0 radical (unpaired) electrons. The van der Waals surface area contributed by atoms with Gasteiger partial charge in [0.15, 0.2) is 0 Å². The van der Waals surface area contributed by atoms with Gasteiger partial charge in [-0.15, -0.1) is 0 Å². The molecule has 3 nitrogen and oxygen atoms in total. The maximum absolute atomic E-state index is 13.1. The molecule has 1 N–H and O–H groups in total. The summed E-state index contributed by atoms with van der Waals surface area (Å²) < 4.78 is 18.1. The Labute approximate surface area is 119 Å². The van der Waals surface area contributed by atoms with Gasteiger partial charge >= 0.3 is 5.97 Å². The second kappa shape index (κ2) is 7.39. The molecule has 0 bridgehead atoms. The quantitative estimate of drug-likeness (QED) is 0.842. The fourth-order valence-corrected chi connectivity index (χ4v) is 2.70. The zero-order valence-corrected chi connectivity index (χ0v) is 11.9. The van der Waals surface area contributed by atoms with Gasteiger partial charge in [-0.3, -0.25) is 4.79 Å². The summed E-state index contributed by atoms with van der Waals surface area (Å²) in [4.78, 5) is 11.6. The zero-order valence-electron chi connectivity index (χ0n) is 11.9. The minimum Gasteiger partial charge on any atom is -0.466 e. The second-order valence-corrected chi connectivity index (χ2v) is 5.31. The van der Waals surface area contributed by atoms with Crippen molar-refractivity contribution in [3.05, 3.63) is 35.6 Å². The Morgan fingerprint density at radius 1 is 1.35 bits per heavy atom. The molecule has 0 aromatic heterocycles. The van der Waals surface area contributed by atoms with Crippen LogP contribution in [0.1, 0.15) is 38.2 Å². The topological polar surface area (TPSA) is 38.3 Å². The molecule has 0 amide bonds. The average molecular weight is 279 g/mol. The van der Waals surface area contributed by atoms with E-state index in [2.05, 4.69) is 5.32 Å². The SMILES string of the molecule is CCOC(=O)C1CCC(NCc2cccc(F)c2)CC1. The predicted molar refractivity (Wildman–Crippen MR) is 75.6 cm³/mol. The van der Waals surface area contributed by atoms with Crippen molar-refractivity contribution < 1.29 is 13.9 Å². The van der Waals surface area contributed by atoms with E-state index in [-0.39, 0.29) is 17.7 Å². The molecule has 4 heteroatoms. The number of nitrogens with one attached hydrogen (secondary N) is 1. The third-order valence-corrected chi connectivity index (χ3v) is 3.83. The molecular formula is C16H22FNO2. The lowest BCUT2D eigenvalue weighted by Gasteiger charge is -2.28. The molecule has 1 saturated carbocycles. The fourth-order valence-electron chi connectivity index (χ4n) is 2.70. The molecule has 0 atom stereocenters. The van der Waals surface area contributed by atoms with Crippen LogP contribution in [0.3, 0.4) is 0 Å². The number of benzene rings is 1. The molecule has 0 spiro atoms. The third-order valence-electron chi connectivity index (χ3n) is 3.83. The van der Waals surface area contributed by atoms with Crippen LogP contribution >= 0.6 is 0 Å². The summed E-state index contributed by atoms with van der Waals surface area (Å²) in [5.41, 5.74) is 0.956. The lowest BCUT2D eigenvalue weighted by atomic mass is 9.86. The van der Waals surface area contributed by atoms with Crippen LogP contribution in [0.4, 0.5) is 4.39 Å². The van der Waals surface area contributed by atoms with Crippen molar-refractivity contribution in [2.75, 3.05) is 6.61 Å². The smallest absolute Gasteiger partial charge is 0.308 e. The van der Waals surface area contributed by atoms with Gasteiger partial charge in [0.25, 0.3) is 0 Å². The van der Waals surface area contributed by atoms with E-state index < -0.39 is 0 Å². The summed E-state index contributed by atoms with van der Waals surface area (Å²) in [6.07, 6.45) is 3.69. The Morgan fingerprint density at radius 3 is 2.75 bits per heavy atom. The first-order valence-electron chi connectivity index (χ1n) is 7.33. The minimum absolute atomic E-state index is 0.0576. The highest BCUT2D eigenvalue weighted by Crippen LogP contribution is 2.25. The molecule has 2 rings (SSSR count). The van der Waals surface area contributed by atoms with Crippen LogP contribution in [0.5, 0.6) is 0 Å². The monoisotopic (exact) mass is 279 g/mol. The Balaban J connectivity index is 1.73. The maximum atomic E-state index is 13.1. The average Bonchev–Trinajstić information content (AvgIpc) is 2.46. The van der Waals surface area contributed by atoms with Crippen molar-refractivity contribution in [3.8, 4) is 0 Å². The first-order chi connectivity index (χ1) is 9.69. The molecule has 0 saturated heterocycles. The third kappa shape index (κ3) is 4.30. The summed E-state index contributed by atoms with van der Waals surface area (Å²) in [5.74, 6) is -0.200. The van der Waals surface area contributed by atoms with Gasteiger partial charge in [-0.1, -0.05) is 12.1 Å². The van der Waals surface area contributed by atoms with Crippen LogP contribution in [0.25, 0.3) is 0 Å². The van der Waals surface area contributed by atoms with Crippen molar-refractivity contribution in [2.24, 2.45) is 5.92 Å². The Bertz CT molecular complexity index is 442. The number of halogens is 1. The number of carbonyl (C=O) groups is 1. The van der Waals surface area contributed by atoms with Gasteiger partial charge in [-0.25, -0.2) is 4.39 Å². The molecule has 1 aliphatic carbocycles. The number of hydrogen-bond acceptors (Lipinski definition) is 3. The molecular weight excluding hydrogens is 257 g/mol. The van der Waals surface area contributed by atoms with E-state index in [1.54, 1.807) is 12.1 Å². The van der Waals surface area contributed by atoms with E-state index in [1.807, 2.05) is 13.0 Å². The van der Waals surface area contributed by atoms with Gasteiger partial charge in [0.1, 0.15) is 5.82 Å². The van der Waals surface area contributed by atoms with Crippen molar-refractivity contribution in [1.82, 2.24) is 5.32 Å². The molecule has 0 heterocycles. The normalized spacial score (nSPS) is 22.5. The van der Waals surface area contributed by atoms with E-state index in [0.717, 1.165) is 31.2 Å². The molecule has 0 aliphatic heterocycles. The van der Waals surface area contributed by atoms with Crippen molar-refractivity contribution in [1.29, 1.82) is 0 Å². The van der Waals surface area contributed by atoms with E-state index >= 15 is 0 Å². The van der Waals surface area contributed by atoms with Crippen LogP contribution in [-0.4, -0.2) is 18.6 Å². The number of hydrogen-bond donors (Lipinski definition) is 1. The number of rotatable bonds is 5. The standard InChI is InChI=1S/C16H22FNO2/c1-2-20-16(19)13-6-8-15(9-7-13)18-11-12-4-3-5-14(17)10-12/h3-5,10,13,15,18H,2,6-9,11H2,1H3. The van der Waals surface area contributed by atoms with Gasteiger partial charge in [-0.2, -0.15) is 0 Å². The molecule has 1 aromatic carbocycles. The summed E-state index contributed by atoms with van der Waals surface area (Å²) in [5, 5.41) is 3.44. The van der Waals surface area contributed by atoms with E-state index in [0.29, 0.717) is 19.2 Å². The van der Waals surface area contributed by atoms with Gasteiger partial charge in [0.2, 0.25) is 0 Å². The number of carbonyl (C=O) groups excluding carboxylic acids is 1. The molecule has 1 aliphatic rings. The Hall–Kier alpha value is -1.42. The van der Waals surface area contributed by atoms with E-state index in [4.69, 9.17) is 4.74 Å². The highest BCUT2D eigenvalue weighted by molar-refractivity contribution is 5.72. The molecule has 110 valence electrons. The van der Waals surface area contributed by atoms with Crippen LogP contribution in [0.2, 0.25) is 0 Å². The molecule has 20 heavy (non-hydrogen) atoms. The van der Waals surface area contributed by atoms with Crippen molar-refractivity contribution in [2.45, 2.75) is 45.2 Å². The number of ether oxygens (including phenoxy) is 1. The lowest BCUT2D eigenvalue weighted by Crippen LogP contribution is -2.35. The fraction of sp³-hybridized carbons (Fsp3) is 0.562. The molecule has 1 fully saturated rings. The highest BCUT2D eigenvalue weighted by atomic mass is 19.1. The summed E-state index contributed by atoms with van der Waals surface area (Å²) in [6.45, 7) is 2.97. The second-order valence-electron chi connectivity index (χ2n) is 5.31. The minimum atomic E-state index is -0.199. The predicted octanol–water partition coefficient (Wildman–Crippen LogP) is 3.04. The zero-order chi connectivity index (χ0) is 14.4. The van der Waals surface area contributed by atoms with Crippen LogP contribution in [0.15, 0.2) is 24.3 Å². The largest absolute Gasteiger partial charge is 0.466 e. The van der Waals surface area contributed by atoms with Crippen molar-refractivity contribution >= 4 is 5.97 Å². The molecule has 0 unspecified atom stereocenters. The maximum Gasteiger partial charge on any atom is 0.308 e. The van der Waals surface area contributed by atoms with Gasteiger partial charge in [0, 0.05) is 12.6 Å². The summed E-state index contributed by atoms with van der Waals surface area (Å²) in [7, 11) is 0. The first-order valence-corrected chi connectivity index (χ1v) is 7.33.